The Balaban J connectivity index is 1.79. The van der Waals surface area contributed by atoms with Crippen LogP contribution in [0.25, 0.3) is 10.4 Å². The highest BCUT2D eigenvalue weighted by molar-refractivity contribution is 7.13. The molecule has 0 aliphatic carbocycles. The van der Waals surface area contributed by atoms with Crippen molar-refractivity contribution in [3.63, 3.8) is 0 Å². The van der Waals surface area contributed by atoms with Crippen LogP contribution in [-0.4, -0.2) is 48.8 Å². The highest BCUT2D eigenvalue weighted by Crippen LogP contribution is 2.37. The van der Waals surface area contributed by atoms with Gasteiger partial charge < -0.3 is 9.80 Å². The van der Waals surface area contributed by atoms with E-state index in [1.165, 1.54) is 10.4 Å². The van der Waals surface area contributed by atoms with Gasteiger partial charge in [-0.05, 0) is 41.3 Å². The molecule has 0 unspecified atom stereocenters. The molecule has 3 rings (SSSR count). The van der Waals surface area contributed by atoms with Crippen LogP contribution in [0.4, 0.5) is 0 Å². The lowest BCUT2D eigenvalue weighted by Gasteiger charge is -2.31. The van der Waals surface area contributed by atoms with Crippen molar-refractivity contribution >= 4 is 23.2 Å². The fraction of sp³-hybridized carbons (Fsp3) is 0.478. The van der Waals surface area contributed by atoms with Crippen molar-refractivity contribution in [2.45, 2.75) is 33.1 Å². The van der Waals surface area contributed by atoms with Gasteiger partial charge in [-0.2, -0.15) is 0 Å². The Morgan fingerprint density at radius 1 is 1.18 bits per heavy atom. The van der Waals surface area contributed by atoms with Crippen molar-refractivity contribution in [2.24, 2.45) is 11.3 Å². The quantitative estimate of drug-likeness (QED) is 0.727. The molecule has 2 heterocycles. The Morgan fingerprint density at radius 3 is 2.46 bits per heavy atom. The molecule has 0 radical (unpaired) electrons. The Morgan fingerprint density at radius 2 is 1.89 bits per heavy atom. The minimum absolute atomic E-state index is 0.120. The molecule has 0 saturated carbocycles. The number of likely N-dealkylation sites (tertiary alicyclic amines) is 1. The standard InChI is InChI=1S/C23H30N2O2S/c1-17(2)14-21(26)25-12-11-23(16-25,22(27)24(3)4)15-18-7-9-19(10-8-18)20-6-5-13-28-20/h5-10,13,17H,11-12,14-16H2,1-4H3/t23-/m0/s1. The van der Waals surface area contributed by atoms with E-state index in [4.69, 9.17) is 0 Å². The van der Waals surface area contributed by atoms with Crippen molar-refractivity contribution in [3.05, 3.63) is 47.3 Å². The predicted octanol–water partition coefficient (Wildman–Crippen LogP) is 4.31. The molecular weight excluding hydrogens is 368 g/mol. The predicted molar refractivity (Wildman–Crippen MR) is 115 cm³/mol. The molecule has 28 heavy (non-hydrogen) atoms. The molecule has 1 aliphatic heterocycles. The number of hydrogen-bond acceptors (Lipinski definition) is 3. The number of amides is 2. The number of carbonyl (C=O) groups excluding carboxylic acids is 2. The summed E-state index contributed by atoms with van der Waals surface area (Å²) in [6.45, 7) is 5.29. The molecule has 1 aromatic carbocycles. The van der Waals surface area contributed by atoms with E-state index in [-0.39, 0.29) is 11.8 Å². The molecule has 0 N–H and O–H groups in total. The molecule has 1 fully saturated rings. The Hall–Kier alpha value is -2.14. The molecule has 150 valence electrons. The monoisotopic (exact) mass is 398 g/mol. The molecule has 2 amide bonds. The third kappa shape index (κ3) is 4.46. The number of rotatable bonds is 6. The largest absolute Gasteiger partial charge is 0.348 e. The fourth-order valence-corrected chi connectivity index (χ4v) is 4.79. The number of nitrogens with zero attached hydrogens (tertiary/aromatic N) is 2. The second kappa shape index (κ2) is 8.48. The number of carbonyl (C=O) groups is 2. The summed E-state index contributed by atoms with van der Waals surface area (Å²) < 4.78 is 0. The SMILES string of the molecule is CC(C)CC(=O)N1CC[C@@](Cc2ccc(-c3cccs3)cc2)(C(=O)N(C)C)C1. The normalized spacial score (nSPS) is 19.2. The van der Waals surface area contributed by atoms with Gasteiger partial charge in [0.2, 0.25) is 11.8 Å². The summed E-state index contributed by atoms with van der Waals surface area (Å²) in [6, 6.07) is 12.7. The molecule has 5 heteroatoms. The van der Waals surface area contributed by atoms with Crippen molar-refractivity contribution in [2.75, 3.05) is 27.2 Å². The Labute approximate surface area is 172 Å². The van der Waals surface area contributed by atoms with Gasteiger partial charge in [-0.15, -0.1) is 11.3 Å². The highest BCUT2D eigenvalue weighted by Gasteiger charge is 2.46. The zero-order valence-electron chi connectivity index (χ0n) is 17.3. The summed E-state index contributed by atoms with van der Waals surface area (Å²) in [7, 11) is 3.62. The average molecular weight is 399 g/mol. The maximum absolute atomic E-state index is 13.1. The van der Waals surface area contributed by atoms with E-state index in [1.54, 1.807) is 16.2 Å². The molecule has 1 aliphatic rings. The lowest BCUT2D eigenvalue weighted by molar-refractivity contribution is -0.139. The van der Waals surface area contributed by atoms with Gasteiger partial charge in [0.05, 0.1) is 5.41 Å². The molecule has 1 saturated heterocycles. The van der Waals surface area contributed by atoms with E-state index in [9.17, 15) is 9.59 Å². The van der Waals surface area contributed by atoms with Crippen LogP contribution in [-0.2, 0) is 16.0 Å². The lowest BCUT2D eigenvalue weighted by atomic mass is 9.79. The molecule has 0 spiro atoms. The third-order valence-electron chi connectivity index (χ3n) is 5.45. The van der Waals surface area contributed by atoms with Crippen molar-refractivity contribution < 1.29 is 9.59 Å². The first-order chi connectivity index (χ1) is 13.3. The van der Waals surface area contributed by atoms with E-state index < -0.39 is 5.41 Å². The third-order valence-corrected chi connectivity index (χ3v) is 6.37. The molecular formula is C23H30N2O2S. The molecule has 1 atom stereocenters. The topological polar surface area (TPSA) is 40.6 Å². The summed E-state index contributed by atoms with van der Waals surface area (Å²) in [5, 5.41) is 2.08. The second-order valence-electron chi connectivity index (χ2n) is 8.49. The lowest BCUT2D eigenvalue weighted by Crippen LogP contribution is -2.44. The van der Waals surface area contributed by atoms with E-state index in [0.717, 1.165) is 12.0 Å². The van der Waals surface area contributed by atoms with Crippen LogP contribution in [0.15, 0.2) is 41.8 Å². The summed E-state index contributed by atoms with van der Waals surface area (Å²) in [4.78, 5) is 30.5. The molecule has 2 aromatic rings. The van der Waals surface area contributed by atoms with Crippen LogP contribution in [0.2, 0.25) is 0 Å². The van der Waals surface area contributed by atoms with Crippen molar-refractivity contribution in [1.29, 1.82) is 0 Å². The zero-order chi connectivity index (χ0) is 20.3. The second-order valence-corrected chi connectivity index (χ2v) is 9.44. The smallest absolute Gasteiger partial charge is 0.230 e. The summed E-state index contributed by atoms with van der Waals surface area (Å²) in [6.07, 6.45) is 1.93. The van der Waals surface area contributed by atoms with Crippen LogP contribution in [0.1, 0.15) is 32.3 Å². The first-order valence-electron chi connectivity index (χ1n) is 9.93. The van der Waals surface area contributed by atoms with E-state index in [2.05, 4.69) is 55.6 Å². The average Bonchev–Trinajstić information content (AvgIpc) is 3.32. The van der Waals surface area contributed by atoms with Crippen LogP contribution in [0, 0.1) is 11.3 Å². The van der Waals surface area contributed by atoms with Crippen LogP contribution < -0.4 is 0 Å². The summed E-state index contributed by atoms with van der Waals surface area (Å²) in [5.41, 5.74) is 1.82. The minimum atomic E-state index is -0.527. The van der Waals surface area contributed by atoms with Gasteiger partial charge in [0, 0.05) is 38.5 Å². The number of benzene rings is 1. The van der Waals surface area contributed by atoms with E-state index in [1.807, 2.05) is 19.0 Å². The van der Waals surface area contributed by atoms with Crippen LogP contribution >= 0.6 is 11.3 Å². The minimum Gasteiger partial charge on any atom is -0.348 e. The van der Waals surface area contributed by atoms with Gasteiger partial charge in [0.1, 0.15) is 0 Å². The van der Waals surface area contributed by atoms with Crippen LogP contribution in [0.3, 0.4) is 0 Å². The van der Waals surface area contributed by atoms with Gasteiger partial charge in [0.15, 0.2) is 0 Å². The van der Waals surface area contributed by atoms with Crippen molar-refractivity contribution in [1.82, 2.24) is 9.80 Å². The molecule has 0 bridgehead atoms. The van der Waals surface area contributed by atoms with Gasteiger partial charge in [-0.3, -0.25) is 9.59 Å². The summed E-state index contributed by atoms with van der Waals surface area (Å²) >= 11 is 1.73. The number of thiophene rings is 1. The van der Waals surface area contributed by atoms with Crippen molar-refractivity contribution in [3.8, 4) is 10.4 Å². The Kier molecular flexibility index (Phi) is 6.23. The Bertz CT molecular complexity index is 812. The van der Waals surface area contributed by atoms with Gasteiger partial charge in [-0.1, -0.05) is 44.2 Å². The molecule has 4 nitrogen and oxygen atoms in total. The summed E-state index contributed by atoms with van der Waals surface area (Å²) in [5.74, 6) is 0.614. The van der Waals surface area contributed by atoms with E-state index >= 15 is 0 Å². The molecule has 1 aromatic heterocycles. The fourth-order valence-electron chi connectivity index (χ4n) is 4.05. The van der Waals surface area contributed by atoms with Gasteiger partial charge >= 0.3 is 0 Å². The first kappa shape index (κ1) is 20.6. The maximum Gasteiger partial charge on any atom is 0.230 e. The van der Waals surface area contributed by atoms with Crippen LogP contribution in [0.5, 0.6) is 0 Å². The van der Waals surface area contributed by atoms with Gasteiger partial charge in [0.25, 0.3) is 0 Å². The zero-order valence-corrected chi connectivity index (χ0v) is 18.1. The highest BCUT2D eigenvalue weighted by atomic mass is 32.1. The van der Waals surface area contributed by atoms with E-state index in [0.29, 0.717) is 31.8 Å². The van der Waals surface area contributed by atoms with Gasteiger partial charge in [-0.25, -0.2) is 0 Å². The first-order valence-corrected chi connectivity index (χ1v) is 10.8. The number of hydrogen-bond donors (Lipinski definition) is 0. The maximum atomic E-state index is 13.1.